The largest absolute Gasteiger partial charge is 0.435 e. The normalized spacial score (nSPS) is 17.7. The van der Waals surface area contributed by atoms with Crippen molar-refractivity contribution in [1.29, 1.82) is 0 Å². The summed E-state index contributed by atoms with van der Waals surface area (Å²) in [6.45, 7) is 5.00. The summed E-state index contributed by atoms with van der Waals surface area (Å²) in [5.41, 5.74) is -0.853. The fourth-order valence-corrected chi connectivity index (χ4v) is 2.57. The van der Waals surface area contributed by atoms with Crippen LogP contribution in [-0.4, -0.2) is 54.8 Å². The summed E-state index contributed by atoms with van der Waals surface area (Å²) < 4.78 is 51.0. The summed E-state index contributed by atoms with van der Waals surface area (Å²) in [4.78, 5) is 4.23. The fourth-order valence-electron chi connectivity index (χ4n) is 2.57. The molecule has 156 valence electrons. The molecule has 1 aliphatic heterocycles. The van der Waals surface area contributed by atoms with Gasteiger partial charge in [0, 0.05) is 45.1 Å². The Bertz CT molecular complexity index is 589. The maximum atomic E-state index is 13.0. The van der Waals surface area contributed by atoms with Crippen molar-refractivity contribution in [1.82, 2.24) is 20.4 Å². The molecule has 27 heavy (non-hydrogen) atoms. The molecule has 1 saturated heterocycles. The molecule has 1 atom stereocenters. The number of aliphatic imine (C=N–C) groups is 1. The van der Waals surface area contributed by atoms with E-state index in [2.05, 4.69) is 20.7 Å². The van der Waals surface area contributed by atoms with E-state index in [1.807, 2.05) is 6.92 Å². The Hall–Kier alpha value is -1.08. The third kappa shape index (κ3) is 8.21. The zero-order chi connectivity index (χ0) is 19.0. The number of nitrogens with zero attached hydrogens (tertiary/aromatic N) is 3. The van der Waals surface area contributed by atoms with Gasteiger partial charge in [-0.15, -0.1) is 24.0 Å². The molecule has 1 aromatic heterocycles. The third-order valence-corrected chi connectivity index (χ3v) is 3.78. The molecule has 2 heterocycles. The molecular weight excluding hydrogens is 478 g/mol. The van der Waals surface area contributed by atoms with E-state index in [9.17, 15) is 13.2 Å². The summed E-state index contributed by atoms with van der Waals surface area (Å²) >= 11 is 0. The number of aromatic nitrogens is 2. The second-order valence-corrected chi connectivity index (χ2v) is 6.01. The number of alkyl halides is 3. The Balaban J connectivity index is 0.00000364. The molecule has 0 bridgehead atoms. The van der Waals surface area contributed by atoms with E-state index in [1.54, 1.807) is 0 Å². The smallest absolute Gasteiger partial charge is 0.379 e. The minimum atomic E-state index is -4.49. The molecule has 1 aromatic rings. The summed E-state index contributed by atoms with van der Waals surface area (Å²) in [6.07, 6.45) is -1.29. The Morgan fingerprint density at radius 1 is 1.44 bits per heavy atom. The van der Waals surface area contributed by atoms with E-state index >= 15 is 0 Å². The van der Waals surface area contributed by atoms with Crippen molar-refractivity contribution in [3.8, 4) is 0 Å². The zero-order valence-corrected chi connectivity index (χ0v) is 17.8. The summed E-state index contributed by atoms with van der Waals surface area (Å²) in [7, 11) is 1.46. The number of aryl methyl sites for hydroxylation is 1. The first kappa shape index (κ1) is 24.0. The maximum absolute atomic E-state index is 13.0. The van der Waals surface area contributed by atoms with Crippen LogP contribution in [0.3, 0.4) is 0 Å². The molecule has 1 fully saturated rings. The van der Waals surface area contributed by atoms with E-state index in [0.29, 0.717) is 32.3 Å². The first-order chi connectivity index (χ1) is 12.4. The predicted molar refractivity (Wildman–Crippen MR) is 106 cm³/mol. The van der Waals surface area contributed by atoms with Gasteiger partial charge in [0.05, 0.1) is 19.3 Å². The van der Waals surface area contributed by atoms with Gasteiger partial charge in [-0.25, -0.2) is 4.99 Å². The fraction of sp³-hybridized carbons (Fsp3) is 0.750. The van der Waals surface area contributed by atoms with E-state index in [4.69, 9.17) is 9.47 Å². The van der Waals surface area contributed by atoms with Crippen LogP contribution in [0.4, 0.5) is 13.2 Å². The minimum absolute atomic E-state index is 0. The van der Waals surface area contributed by atoms with Crippen LogP contribution in [0.5, 0.6) is 0 Å². The van der Waals surface area contributed by atoms with E-state index in [0.717, 1.165) is 24.1 Å². The van der Waals surface area contributed by atoms with Crippen molar-refractivity contribution in [2.45, 2.75) is 38.6 Å². The Kier molecular flexibility index (Phi) is 10.4. The highest BCUT2D eigenvalue weighted by molar-refractivity contribution is 14.0. The van der Waals surface area contributed by atoms with Crippen molar-refractivity contribution in [3.63, 3.8) is 0 Å². The molecule has 2 N–H and O–H groups in total. The molecule has 1 unspecified atom stereocenters. The molecule has 0 aromatic carbocycles. The van der Waals surface area contributed by atoms with E-state index < -0.39 is 11.9 Å². The van der Waals surface area contributed by atoms with Crippen molar-refractivity contribution < 1.29 is 22.6 Å². The van der Waals surface area contributed by atoms with Crippen LogP contribution in [0.2, 0.25) is 0 Å². The highest BCUT2D eigenvalue weighted by Gasteiger charge is 2.36. The maximum Gasteiger partial charge on any atom is 0.435 e. The van der Waals surface area contributed by atoms with Gasteiger partial charge in [-0.3, -0.25) is 4.68 Å². The lowest BCUT2D eigenvalue weighted by atomic mass is 10.2. The standard InChI is InChI=1S/C16H26F3N5O2.HI/c1-3-20-15(21-6-4-7-26-13-5-8-25-11-13)22-9-12-10-24(2)23-14(12)16(17,18)19;/h10,13H,3-9,11H2,1-2H3,(H2,20,21,22);1H. The topological polar surface area (TPSA) is 72.7 Å². The highest BCUT2D eigenvalue weighted by atomic mass is 127. The lowest BCUT2D eigenvalue weighted by Crippen LogP contribution is -2.38. The minimum Gasteiger partial charge on any atom is -0.379 e. The van der Waals surface area contributed by atoms with Crippen molar-refractivity contribution in [3.05, 3.63) is 17.5 Å². The lowest BCUT2D eigenvalue weighted by Gasteiger charge is -2.13. The van der Waals surface area contributed by atoms with Gasteiger partial charge in [-0.05, 0) is 19.8 Å². The van der Waals surface area contributed by atoms with Crippen LogP contribution < -0.4 is 10.6 Å². The van der Waals surface area contributed by atoms with Gasteiger partial charge in [-0.1, -0.05) is 0 Å². The van der Waals surface area contributed by atoms with Gasteiger partial charge in [-0.2, -0.15) is 18.3 Å². The number of hydrogen-bond donors (Lipinski definition) is 2. The molecule has 0 radical (unpaired) electrons. The zero-order valence-electron chi connectivity index (χ0n) is 15.5. The molecule has 11 heteroatoms. The van der Waals surface area contributed by atoms with Gasteiger partial charge < -0.3 is 20.1 Å². The van der Waals surface area contributed by atoms with E-state index in [1.165, 1.54) is 13.2 Å². The molecule has 0 amide bonds. The Labute approximate surface area is 174 Å². The predicted octanol–water partition coefficient (Wildman–Crippen LogP) is 2.31. The van der Waals surface area contributed by atoms with Crippen LogP contribution in [0.25, 0.3) is 0 Å². The summed E-state index contributed by atoms with van der Waals surface area (Å²) in [5.74, 6) is 0.466. The first-order valence-electron chi connectivity index (χ1n) is 8.71. The van der Waals surface area contributed by atoms with Gasteiger partial charge >= 0.3 is 6.18 Å². The van der Waals surface area contributed by atoms with Gasteiger partial charge in [0.1, 0.15) is 0 Å². The Morgan fingerprint density at radius 3 is 2.85 bits per heavy atom. The molecule has 0 saturated carbocycles. The lowest BCUT2D eigenvalue weighted by molar-refractivity contribution is -0.142. The monoisotopic (exact) mass is 505 g/mol. The van der Waals surface area contributed by atoms with Crippen molar-refractivity contribution >= 4 is 29.9 Å². The molecule has 7 nitrogen and oxygen atoms in total. The molecule has 0 aliphatic carbocycles. The molecule has 2 rings (SSSR count). The first-order valence-corrected chi connectivity index (χ1v) is 8.71. The van der Waals surface area contributed by atoms with Gasteiger partial charge in [0.25, 0.3) is 0 Å². The van der Waals surface area contributed by atoms with Gasteiger partial charge in [0.2, 0.25) is 0 Å². The number of hydrogen-bond acceptors (Lipinski definition) is 4. The van der Waals surface area contributed by atoms with Crippen LogP contribution in [0, 0.1) is 0 Å². The van der Waals surface area contributed by atoms with Crippen LogP contribution in [0.1, 0.15) is 31.0 Å². The van der Waals surface area contributed by atoms with Crippen molar-refractivity contribution in [2.75, 3.05) is 32.9 Å². The average molecular weight is 505 g/mol. The summed E-state index contributed by atoms with van der Waals surface area (Å²) in [6, 6.07) is 0. The Morgan fingerprint density at radius 2 is 2.22 bits per heavy atom. The van der Waals surface area contributed by atoms with Crippen LogP contribution in [0.15, 0.2) is 11.2 Å². The number of ether oxygens (including phenoxy) is 2. The van der Waals surface area contributed by atoms with Crippen molar-refractivity contribution in [2.24, 2.45) is 12.0 Å². The number of halogens is 4. The van der Waals surface area contributed by atoms with Crippen LogP contribution in [-0.2, 0) is 29.2 Å². The quantitative estimate of drug-likeness (QED) is 0.246. The average Bonchev–Trinajstić information content (AvgIpc) is 3.21. The third-order valence-electron chi connectivity index (χ3n) is 3.78. The number of nitrogens with one attached hydrogen (secondary N) is 2. The van der Waals surface area contributed by atoms with Crippen LogP contribution >= 0.6 is 24.0 Å². The number of guanidine groups is 1. The van der Waals surface area contributed by atoms with E-state index in [-0.39, 0.29) is 42.2 Å². The SMILES string of the molecule is CCNC(=NCc1cn(C)nc1C(F)(F)F)NCCCOC1CCOC1.I. The second-order valence-electron chi connectivity index (χ2n) is 6.01. The molecule has 0 spiro atoms. The summed E-state index contributed by atoms with van der Waals surface area (Å²) in [5, 5.41) is 9.60. The van der Waals surface area contributed by atoms with Gasteiger partial charge in [0.15, 0.2) is 11.7 Å². The second kappa shape index (κ2) is 11.7. The molecular formula is C16H27F3IN5O2. The molecule has 1 aliphatic rings. The highest BCUT2D eigenvalue weighted by Crippen LogP contribution is 2.30. The number of rotatable bonds is 8.